The van der Waals surface area contributed by atoms with Crippen molar-refractivity contribution < 1.29 is 32.0 Å². The van der Waals surface area contributed by atoms with Crippen LogP contribution in [0.4, 0.5) is 18.9 Å². The van der Waals surface area contributed by atoms with Crippen molar-refractivity contribution in [2.24, 2.45) is 0 Å². The second kappa shape index (κ2) is 8.93. The lowest BCUT2D eigenvalue weighted by Crippen LogP contribution is -2.16. The van der Waals surface area contributed by atoms with Gasteiger partial charge in [0.05, 0.1) is 34.5 Å². The summed E-state index contributed by atoms with van der Waals surface area (Å²) in [6.07, 6.45) is -4.58. The third-order valence-electron chi connectivity index (χ3n) is 4.57. The molecule has 1 amide bonds. The van der Waals surface area contributed by atoms with Crippen LogP contribution in [0.3, 0.4) is 0 Å². The van der Waals surface area contributed by atoms with Crippen LogP contribution < -0.4 is 10.1 Å². The molecule has 0 aliphatic carbocycles. The first-order valence-corrected chi connectivity index (χ1v) is 9.53. The third-order valence-corrected chi connectivity index (χ3v) is 4.57. The number of halogens is 3. The van der Waals surface area contributed by atoms with Crippen LogP contribution in [-0.2, 0) is 10.9 Å². The molecule has 1 N–H and O–H groups in total. The Kier molecular flexibility index (Phi) is 6.49. The molecule has 1 aromatic carbocycles. The van der Waals surface area contributed by atoms with E-state index in [9.17, 15) is 18.0 Å². The molecule has 3 rings (SSSR count). The molecule has 0 fully saturated rings. The van der Waals surface area contributed by atoms with Gasteiger partial charge in [0.2, 0.25) is 0 Å². The number of benzene rings is 1. The number of hydrogen-bond donors (Lipinski definition) is 1. The van der Waals surface area contributed by atoms with E-state index in [4.69, 9.17) is 14.0 Å². The van der Waals surface area contributed by atoms with Gasteiger partial charge in [-0.25, -0.2) is 4.98 Å². The minimum atomic E-state index is -4.58. The summed E-state index contributed by atoms with van der Waals surface area (Å²) in [6, 6.07) is 4.48. The highest BCUT2D eigenvalue weighted by molar-refractivity contribution is 6.12. The van der Waals surface area contributed by atoms with Gasteiger partial charge in [-0.3, -0.25) is 4.79 Å². The monoisotopic (exact) mass is 437 g/mol. The number of pyridine rings is 1. The van der Waals surface area contributed by atoms with Crippen molar-refractivity contribution >= 4 is 22.7 Å². The van der Waals surface area contributed by atoms with Crippen LogP contribution in [0, 0.1) is 6.92 Å². The fourth-order valence-electron chi connectivity index (χ4n) is 2.94. The van der Waals surface area contributed by atoms with Crippen LogP contribution in [0.15, 0.2) is 28.8 Å². The lowest BCUT2D eigenvalue weighted by atomic mass is 10.0. The Hall–Kier alpha value is -3.14. The van der Waals surface area contributed by atoms with Crippen molar-refractivity contribution in [2.75, 3.05) is 25.6 Å². The molecule has 0 saturated heterocycles. The van der Waals surface area contributed by atoms with Crippen LogP contribution >= 0.6 is 0 Å². The fraction of sp³-hybridized carbons (Fsp3) is 0.381. The van der Waals surface area contributed by atoms with Gasteiger partial charge < -0.3 is 19.3 Å². The largest absolute Gasteiger partial charge is 0.489 e. The molecule has 31 heavy (non-hydrogen) atoms. The number of carbonyl (C=O) groups excluding carboxylic acids is 1. The normalized spacial score (nSPS) is 11.9. The summed E-state index contributed by atoms with van der Waals surface area (Å²) in [4.78, 5) is 17.5. The number of nitrogens with one attached hydrogen (secondary N) is 1. The minimum Gasteiger partial charge on any atom is -0.489 e. The van der Waals surface area contributed by atoms with E-state index in [0.29, 0.717) is 16.8 Å². The van der Waals surface area contributed by atoms with Crippen LogP contribution in [-0.4, -0.2) is 36.4 Å². The van der Waals surface area contributed by atoms with Gasteiger partial charge in [0.15, 0.2) is 0 Å². The highest BCUT2D eigenvalue weighted by atomic mass is 19.4. The van der Waals surface area contributed by atoms with Crippen LogP contribution in [0.5, 0.6) is 5.75 Å². The van der Waals surface area contributed by atoms with Gasteiger partial charge in [-0.15, -0.1) is 0 Å². The molecule has 0 aliphatic rings. The molecule has 0 aliphatic heterocycles. The standard InChI is InChI=1S/C21H22F3N3O4/c1-11(2)15-10-14(18-12(3)27-31-20(18)26-15)19(28)25-16-9-13(21(22,23)24)5-6-17(16)30-8-7-29-4/h5-6,9-11H,7-8H2,1-4H3,(H,25,28). The Morgan fingerprint density at radius 2 is 1.97 bits per heavy atom. The summed E-state index contributed by atoms with van der Waals surface area (Å²) in [7, 11) is 1.47. The topological polar surface area (TPSA) is 86.5 Å². The SMILES string of the molecule is COCCOc1ccc(C(F)(F)F)cc1NC(=O)c1cc(C(C)C)nc2onc(C)c12. The average molecular weight is 437 g/mol. The molecule has 0 radical (unpaired) electrons. The molecule has 0 bridgehead atoms. The molecule has 0 unspecified atom stereocenters. The molecule has 2 aromatic heterocycles. The summed E-state index contributed by atoms with van der Waals surface area (Å²) in [5, 5.41) is 6.79. The number of aromatic nitrogens is 2. The Labute approximate surface area is 176 Å². The Balaban J connectivity index is 2.03. The molecule has 0 spiro atoms. The van der Waals surface area contributed by atoms with Crippen molar-refractivity contribution in [3.05, 3.63) is 46.8 Å². The average Bonchev–Trinajstić information content (AvgIpc) is 3.08. The van der Waals surface area contributed by atoms with E-state index >= 15 is 0 Å². The van der Waals surface area contributed by atoms with E-state index in [1.54, 1.807) is 13.0 Å². The molecular weight excluding hydrogens is 415 g/mol. The summed E-state index contributed by atoms with van der Waals surface area (Å²) >= 11 is 0. The first kappa shape index (κ1) is 22.5. The maximum absolute atomic E-state index is 13.2. The number of alkyl halides is 3. The van der Waals surface area contributed by atoms with Crippen molar-refractivity contribution in [3.63, 3.8) is 0 Å². The van der Waals surface area contributed by atoms with Crippen LogP contribution in [0.1, 0.15) is 47.1 Å². The molecule has 166 valence electrons. The zero-order chi connectivity index (χ0) is 22.8. The smallest absolute Gasteiger partial charge is 0.416 e. The maximum atomic E-state index is 13.2. The zero-order valence-electron chi connectivity index (χ0n) is 17.5. The number of hydrogen-bond acceptors (Lipinski definition) is 6. The molecule has 0 saturated carbocycles. The summed E-state index contributed by atoms with van der Waals surface area (Å²) in [6.45, 7) is 5.79. The third kappa shape index (κ3) is 4.96. The van der Waals surface area contributed by atoms with E-state index < -0.39 is 17.6 Å². The van der Waals surface area contributed by atoms with Crippen LogP contribution in [0.25, 0.3) is 11.1 Å². The quantitative estimate of drug-likeness (QED) is 0.527. The first-order chi connectivity index (χ1) is 14.6. The Morgan fingerprint density at radius 1 is 1.23 bits per heavy atom. The van der Waals surface area contributed by atoms with Gasteiger partial charge in [0.25, 0.3) is 11.6 Å². The number of nitrogens with zero attached hydrogens (tertiary/aromatic N) is 2. The van der Waals surface area contributed by atoms with Gasteiger partial charge in [0, 0.05) is 12.8 Å². The molecule has 2 heterocycles. The molecular formula is C21H22F3N3O4. The fourth-order valence-corrected chi connectivity index (χ4v) is 2.94. The van der Waals surface area contributed by atoms with Gasteiger partial charge in [-0.05, 0) is 37.1 Å². The maximum Gasteiger partial charge on any atom is 0.416 e. The number of anilines is 1. The van der Waals surface area contributed by atoms with Crippen molar-refractivity contribution in [3.8, 4) is 5.75 Å². The van der Waals surface area contributed by atoms with E-state index in [2.05, 4.69) is 15.5 Å². The Bertz CT molecular complexity index is 1090. The summed E-state index contributed by atoms with van der Waals surface area (Å²) in [5.41, 5.74) is 0.409. The van der Waals surface area contributed by atoms with E-state index in [1.807, 2.05) is 13.8 Å². The molecule has 10 heteroatoms. The number of aryl methyl sites for hydroxylation is 1. The van der Waals surface area contributed by atoms with Crippen molar-refractivity contribution in [2.45, 2.75) is 32.9 Å². The predicted molar refractivity (Wildman–Crippen MR) is 107 cm³/mol. The number of amides is 1. The molecule has 0 atom stereocenters. The van der Waals surface area contributed by atoms with E-state index in [0.717, 1.165) is 12.1 Å². The predicted octanol–water partition coefficient (Wildman–Crippen LogP) is 4.95. The molecule has 7 nitrogen and oxygen atoms in total. The van der Waals surface area contributed by atoms with Crippen molar-refractivity contribution in [1.82, 2.24) is 10.1 Å². The van der Waals surface area contributed by atoms with Gasteiger partial charge in [-0.2, -0.15) is 13.2 Å². The highest BCUT2D eigenvalue weighted by Crippen LogP contribution is 2.36. The van der Waals surface area contributed by atoms with E-state index in [-0.39, 0.29) is 41.8 Å². The van der Waals surface area contributed by atoms with Gasteiger partial charge >= 0.3 is 6.18 Å². The van der Waals surface area contributed by atoms with Gasteiger partial charge in [-0.1, -0.05) is 19.0 Å². The number of methoxy groups -OCH3 is 1. The number of carbonyl (C=O) groups is 1. The minimum absolute atomic E-state index is 0.0112. The second-order valence-corrected chi connectivity index (χ2v) is 7.20. The summed E-state index contributed by atoms with van der Waals surface area (Å²) < 4.78 is 55.3. The second-order valence-electron chi connectivity index (χ2n) is 7.20. The van der Waals surface area contributed by atoms with E-state index in [1.165, 1.54) is 13.2 Å². The lowest BCUT2D eigenvalue weighted by Gasteiger charge is -2.16. The van der Waals surface area contributed by atoms with Gasteiger partial charge in [0.1, 0.15) is 12.4 Å². The first-order valence-electron chi connectivity index (χ1n) is 9.53. The van der Waals surface area contributed by atoms with Crippen LogP contribution in [0.2, 0.25) is 0 Å². The number of fused-ring (bicyclic) bond motifs is 1. The Morgan fingerprint density at radius 3 is 2.61 bits per heavy atom. The lowest BCUT2D eigenvalue weighted by molar-refractivity contribution is -0.137. The zero-order valence-corrected chi connectivity index (χ0v) is 17.5. The number of ether oxygens (including phenoxy) is 2. The number of rotatable bonds is 7. The summed E-state index contributed by atoms with van der Waals surface area (Å²) in [5.74, 6) is -0.547. The van der Waals surface area contributed by atoms with Crippen molar-refractivity contribution in [1.29, 1.82) is 0 Å². The molecule has 3 aromatic rings. The highest BCUT2D eigenvalue weighted by Gasteiger charge is 2.31.